The molecule has 6 unspecified atom stereocenters. The first kappa shape index (κ1) is 22.9. The molecule has 1 aromatic carbocycles. The van der Waals surface area contributed by atoms with Gasteiger partial charge in [0.25, 0.3) is 0 Å². The monoisotopic (exact) mass is 404 g/mol. The van der Waals surface area contributed by atoms with Crippen LogP contribution in [0.4, 0.5) is 0 Å². The van der Waals surface area contributed by atoms with Crippen molar-refractivity contribution in [3.63, 3.8) is 0 Å². The van der Waals surface area contributed by atoms with Crippen molar-refractivity contribution < 1.29 is 50.3 Å². The van der Waals surface area contributed by atoms with Crippen LogP contribution in [0.25, 0.3) is 0 Å². The molecule has 3 rings (SSSR count). The van der Waals surface area contributed by atoms with Gasteiger partial charge < -0.3 is 50.3 Å². The third kappa shape index (κ3) is 5.60. The first-order valence-corrected chi connectivity index (χ1v) is 8.96. The fourth-order valence-electron chi connectivity index (χ4n) is 3.08. The zero-order valence-corrected chi connectivity index (χ0v) is 15.2. The first-order chi connectivity index (χ1) is 13.3. The second kappa shape index (κ2) is 10.4. The van der Waals surface area contributed by atoms with Gasteiger partial charge in [-0.2, -0.15) is 0 Å². The van der Waals surface area contributed by atoms with Gasteiger partial charge in [0.2, 0.25) is 0 Å². The summed E-state index contributed by atoms with van der Waals surface area (Å²) in [5, 5.41) is 73.7. The zero-order chi connectivity index (χ0) is 20.8. The summed E-state index contributed by atoms with van der Waals surface area (Å²) < 4.78 is 10.3. The number of aromatic hydroxyl groups is 1. The molecule has 2 heterocycles. The molecular weight excluding hydrogens is 376 g/mol. The van der Waals surface area contributed by atoms with Gasteiger partial charge in [-0.1, -0.05) is 12.1 Å². The molecule has 10 heteroatoms. The number of hydrogen-bond acceptors (Lipinski definition) is 10. The Morgan fingerprint density at radius 2 is 1.61 bits per heavy atom. The summed E-state index contributed by atoms with van der Waals surface area (Å²) in [5.74, 6) is 0.0684. The molecule has 160 valence electrons. The van der Waals surface area contributed by atoms with E-state index in [4.69, 9.17) is 35.0 Å². The lowest BCUT2D eigenvalue weighted by Crippen LogP contribution is -2.53. The van der Waals surface area contributed by atoms with Gasteiger partial charge in [-0.15, -0.1) is 0 Å². The number of ether oxygens (including phenoxy) is 2. The molecular formula is C18H28O10. The number of aliphatic hydroxyl groups is 7. The van der Waals surface area contributed by atoms with Crippen LogP contribution >= 0.6 is 0 Å². The number of aliphatic hydroxyl groups excluding tert-OH is 7. The van der Waals surface area contributed by atoms with E-state index in [1.165, 1.54) is 12.1 Å². The van der Waals surface area contributed by atoms with Gasteiger partial charge >= 0.3 is 0 Å². The Morgan fingerprint density at radius 3 is 2.21 bits per heavy atom. The number of phenols is 1. The highest BCUT2D eigenvalue weighted by molar-refractivity contribution is 5.29. The van der Waals surface area contributed by atoms with E-state index < -0.39 is 48.8 Å². The molecule has 2 aliphatic rings. The predicted octanol–water partition coefficient (Wildman–Crippen LogP) is -2.60. The maximum Gasteiger partial charge on any atom is 0.115 e. The lowest BCUT2D eigenvalue weighted by atomic mass is 9.93. The third-order valence-corrected chi connectivity index (χ3v) is 4.74. The minimum absolute atomic E-state index is 0.0521. The summed E-state index contributed by atoms with van der Waals surface area (Å²) in [6.45, 7) is -0.618. The molecule has 10 nitrogen and oxygen atoms in total. The van der Waals surface area contributed by atoms with E-state index in [1.807, 2.05) is 0 Å². The van der Waals surface area contributed by atoms with Crippen molar-refractivity contribution in [3.8, 4) is 5.75 Å². The average Bonchev–Trinajstić information content (AvgIpc) is 2.69. The standard InChI is InChI=1S/C12H16O5.C6H12O5/c13-6-9-5-10(15)11(16)12(17-9)7-2-1-3-8(14)4-7;7-1-4-6(10)5(9)3(8)2-11-4/h1-4,9-16H,5-6H2;3-10H,1-2H2/t9?,10?,11?,12-;3?,4?,5?,6-/m11/s1. The largest absolute Gasteiger partial charge is 0.508 e. The molecule has 0 aliphatic carbocycles. The van der Waals surface area contributed by atoms with E-state index in [0.29, 0.717) is 5.56 Å². The van der Waals surface area contributed by atoms with Crippen LogP contribution in [0.2, 0.25) is 0 Å². The van der Waals surface area contributed by atoms with Gasteiger partial charge in [0.15, 0.2) is 0 Å². The van der Waals surface area contributed by atoms with Gasteiger partial charge in [-0.25, -0.2) is 0 Å². The molecule has 0 bridgehead atoms. The van der Waals surface area contributed by atoms with E-state index >= 15 is 0 Å². The highest BCUT2D eigenvalue weighted by atomic mass is 16.5. The Labute approximate surface area is 161 Å². The Bertz CT molecular complexity index is 597. The molecule has 0 aromatic heterocycles. The molecule has 28 heavy (non-hydrogen) atoms. The highest BCUT2D eigenvalue weighted by Gasteiger charge is 2.38. The second-order valence-electron chi connectivity index (χ2n) is 6.85. The van der Waals surface area contributed by atoms with Crippen molar-refractivity contribution in [2.45, 2.75) is 55.3 Å². The van der Waals surface area contributed by atoms with Gasteiger partial charge in [-0.3, -0.25) is 0 Å². The minimum atomic E-state index is -1.22. The van der Waals surface area contributed by atoms with Crippen molar-refractivity contribution in [2.24, 2.45) is 0 Å². The highest BCUT2D eigenvalue weighted by Crippen LogP contribution is 2.33. The van der Waals surface area contributed by atoms with Crippen LogP contribution in [0.15, 0.2) is 24.3 Å². The van der Waals surface area contributed by atoms with Crippen LogP contribution in [0.5, 0.6) is 5.75 Å². The van der Waals surface area contributed by atoms with Crippen molar-refractivity contribution in [1.29, 1.82) is 0 Å². The van der Waals surface area contributed by atoms with E-state index in [2.05, 4.69) is 0 Å². The molecule has 0 radical (unpaired) electrons. The summed E-state index contributed by atoms with van der Waals surface area (Å²) in [7, 11) is 0. The molecule has 0 spiro atoms. The fourth-order valence-corrected chi connectivity index (χ4v) is 3.08. The van der Waals surface area contributed by atoms with Gasteiger partial charge in [-0.05, 0) is 17.7 Å². The number of benzene rings is 1. The Kier molecular flexibility index (Phi) is 8.56. The minimum Gasteiger partial charge on any atom is -0.508 e. The Balaban J connectivity index is 0.000000221. The predicted molar refractivity (Wildman–Crippen MR) is 94.3 cm³/mol. The molecule has 8 atom stereocenters. The van der Waals surface area contributed by atoms with Gasteiger partial charge in [0.1, 0.15) is 42.4 Å². The first-order valence-electron chi connectivity index (χ1n) is 8.96. The maximum atomic E-state index is 9.86. The van der Waals surface area contributed by atoms with E-state index in [9.17, 15) is 15.3 Å². The number of rotatable bonds is 3. The summed E-state index contributed by atoms with van der Waals surface area (Å²) in [5.41, 5.74) is 0.578. The van der Waals surface area contributed by atoms with E-state index in [0.717, 1.165) is 0 Å². The van der Waals surface area contributed by atoms with Gasteiger partial charge in [0.05, 0.1) is 32.0 Å². The smallest absolute Gasteiger partial charge is 0.115 e. The van der Waals surface area contributed by atoms with Crippen LogP contribution in [0, 0.1) is 0 Å². The van der Waals surface area contributed by atoms with Crippen molar-refractivity contribution in [2.75, 3.05) is 19.8 Å². The summed E-state index contributed by atoms with van der Waals surface area (Å²) >= 11 is 0. The lowest BCUT2D eigenvalue weighted by molar-refractivity contribution is -0.195. The number of phenolic OH excluding ortho intramolecular Hbond substituents is 1. The molecule has 2 aliphatic heterocycles. The van der Waals surface area contributed by atoms with E-state index in [1.54, 1.807) is 12.1 Å². The lowest BCUT2D eigenvalue weighted by Gasteiger charge is -2.36. The maximum absolute atomic E-state index is 9.86. The second-order valence-corrected chi connectivity index (χ2v) is 6.85. The van der Waals surface area contributed by atoms with Crippen LogP contribution in [0.3, 0.4) is 0 Å². The third-order valence-electron chi connectivity index (χ3n) is 4.74. The molecule has 2 saturated heterocycles. The van der Waals surface area contributed by atoms with Crippen LogP contribution < -0.4 is 0 Å². The van der Waals surface area contributed by atoms with Gasteiger partial charge in [0, 0.05) is 6.42 Å². The average molecular weight is 404 g/mol. The molecule has 0 saturated carbocycles. The summed E-state index contributed by atoms with van der Waals surface area (Å²) in [4.78, 5) is 0. The van der Waals surface area contributed by atoms with Crippen LogP contribution in [-0.4, -0.2) is 103 Å². The summed E-state index contributed by atoms with van der Waals surface area (Å²) in [6.07, 6.45) is -7.30. The molecule has 8 N–H and O–H groups in total. The van der Waals surface area contributed by atoms with Crippen LogP contribution in [-0.2, 0) is 9.47 Å². The molecule has 0 amide bonds. The zero-order valence-electron chi connectivity index (χ0n) is 15.2. The van der Waals surface area contributed by atoms with Crippen LogP contribution in [0.1, 0.15) is 18.1 Å². The fraction of sp³-hybridized carbons (Fsp3) is 0.667. The molecule has 2 fully saturated rings. The molecule has 1 aromatic rings. The Hall–Kier alpha value is -1.34. The Morgan fingerprint density at radius 1 is 0.893 bits per heavy atom. The van der Waals surface area contributed by atoms with Crippen molar-refractivity contribution in [1.82, 2.24) is 0 Å². The van der Waals surface area contributed by atoms with Crippen molar-refractivity contribution >= 4 is 0 Å². The normalized spacial score (nSPS) is 38.4. The number of hydrogen-bond donors (Lipinski definition) is 8. The van der Waals surface area contributed by atoms with E-state index in [-0.39, 0.29) is 32.0 Å². The topological polar surface area (TPSA) is 180 Å². The quantitative estimate of drug-likeness (QED) is 0.266. The van der Waals surface area contributed by atoms with Crippen molar-refractivity contribution in [3.05, 3.63) is 29.8 Å². The summed E-state index contributed by atoms with van der Waals surface area (Å²) in [6, 6.07) is 6.31. The SMILES string of the molecule is OCC1CC(O)C(O)[C@@H](c2cccc(O)c2)O1.OCC1OCC(O)C(O)[C@@H]1O.